The Labute approximate surface area is 112 Å². The highest BCUT2D eigenvalue weighted by Crippen LogP contribution is 2.29. The van der Waals surface area contributed by atoms with Gasteiger partial charge in [-0.3, -0.25) is 4.98 Å². The summed E-state index contributed by atoms with van der Waals surface area (Å²) in [6, 6.07) is 6.57. The number of aliphatic hydroxyl groups excluding tert-OH is 1. The summed E-state index contributed by atoms with van der Waals surface area (Å²) in [4.78, 5) is 3.82. The van der Waals surface area contributed by atoms with Crippen molar-refractivity contribution in [3.63, 3.8) is 0 Å². The molecule has 0 spiro atoms. The van der Waals surface area contributed by atoms with Crippen LogP contribution >= 0.6 is 0 Å². The molecule has 0 aliphatic rings. The standard InChI is InChI=1S/C13H11F3N2O2/c14-13(15,16)20-9-3-1-2-8(6-9)12(19)10-7-18-5-4-11(10)17/h1-7,12,19H,(H2,17,18). The number of pyridine rings is 1. The molecule has 106 valence electrons. The maximum Gasteiger partial charge on any atom is 0.573 e. The van der Waals surface area contributed by atoms with Crippen LogP contribution in [0, 0.1) is 0 Å². The van der Waals surface area contributed by atoms with Crippen LogP contribution in [0.3, 0.4) is 0 Å². The number of ether oxygens (including phenoxy) is 1. The summed E-state index contributed by atoms with van der Waals surface area (Å²) in [5.41, 5.74) is 6.53. The van der Waals surface area contributed by atoms with Gasteiger partial charge in [0.2, 0.25) is 0 Å². The van der Waals surface area contributed by atoms with Crippen LogP contribution < -0.4 is 10.5 Å². The highest BCUT2D eigenvalue weighted by atomic mass is 19.4. The average Bonchev–Trinajstić information content (AvgIpc) is 2.37. The quantitative estimate of drug-likeness (QED) is 0.909. The predicted molar refractivity (Wildman–Crippen MR) is 65.8 cm³/mol. The van der Waals surface area contributed by atoms with E-state index in [0.29, 0.717) is 11.3 Å². The van der Waals surface area contributed by atoms with Gasteiger partial charge in [-0.2, -0.15) is 0 Å². The number of alkyl halides is 3. The lowest BCUT2D eigenvalue weighted by Gasteiger charge is -2.15. The first-order valence-electron chi connectivity index (χ1n) is 5.60. The average molecular weight is 284 g/mol. The molecule has 1 heterocycles. The van der Waals surface area contributed by atoms with Crippen molar-refractivity contribution in [1.29, 1.82) is 0 Å². The Morgan fingerprint density at radius 3 is 2.65 bits per heavy atom. The predicted octanol–water partition coefficient (Wildman–Crippen LogP) is 2.64. The van der Waals surface area contributed by atoms with E-state index in [-0.39, 0.29) is 5.56 Å². The Balaban J connectivity index is 2.29. The van der Waals surface area contributed by atoms with Crippen LogP contribution in [0.4, 0.5) is 18.9 Å². The molecule has 0 aliphatic carbocycles. The van der Waals surface area contributed by atoms with Crippen molar-refractivity contribution in [3.8, 4) is 5.75 Å². The molecule has 2 aromatic rings. The molecule has 1 unspecified atom stereocenters. The van der Waals surface area contributed by atoms with E-state index in [1.54, 1.807) is 0 Å². The third-order valence-corrected chi connectivity index (χ3v) is 2.59. The van der Waals surface area contributed by atoms with Gasteiger partial charge < -0.3 is 15.6 Å². The van der Waals surface area contributed by atoms with Crippen LogP contribution in [0.15, 0.2) is 42.7 Å². The summed E-state index contributed by atoms with van der Waals surface area (Å²) in [6.45, 7) is 0. The van der Waals surface area contributed by atoms with Gasteiger partial charge in [-0.25, -0.2) is 0 Å². The van der Waals surface area contributed by atoms with Gasteiger partial charge in [0, 0.05) is 23.6 Å². The third-order valence-electron chi connectivity index (χ3n) is 2.59. The molecule has 7 heteroatoms. The minimum Gasteiger partial charge on any atom is -0.406 e. The Morgan fingerprint density at radius 2 is 2.00 bits per heavy atom. The van der Waals surface area contributed by atoms with Crippen molar-refractivity contribution in [1.82, 2.24) is 4.98 Å². The van der Waals surface area contributed by atoms with Crippen LogP contribution in [0.2, 0.25) is 0 Å². The lowest BCUT2D eigenvalue weighted by Crippen LogP contribution is -2.17. The smallest absolute Gasteiger partial charge is 0.406 e. The van der Waals surface area contributed by atoms with Crippen LogP contribution in [0.1, 0.15) is 17.2 Å². The van der Waals surface area contributed by atoms with E-state index in [4.69, 9.17) is 5.73 Å². The number of nitrogens with zero attached hydrogens (tertiary/aromatic N) is 1. The number of aromatic nitrogens is 1. The van der Waals surface area contributed by atoms with Crippen LogP contribution in [-0.4, -0.2) is 16.5 Å². The molecule has 1 aromatic heterocycles. The van der Waals surface area contributed by atoms with Crippen molar-refractivity contribution in [2.45, 2.75) is 12.5 Å². The van der Waals surface area contributed by atoms with E-state index in [2.05, 4.69) is 9.72 Å². The summed E-state index contributed by atoms with van der Waals surface area (Å²) in [5.74, 6) is -0.406. The molecular weight excluding hydrogens is 273 g/mol. The Morgan fingerprint density at radius 1 is 1.25 bits per heavy atom. The topological polar surface area (TPSA) is 68.4 Å². The normalized spacial score (nSPS) is 13.0. The van der Waals surface area contributed by atoms with E-state index >= 15 is 0 Å². The molecular formula is C13H11F3N2O2. The fourth-order valence-corrected chi connectivity index (χ4v) is 1.71. The van der Waals surface area contributed by atoms with Gasteiger partial charge in [0.15, 0.2) is 0 Å². The zero-order chi connectivity index (χ0) is 14.8. The summed E-state index contributed by atoms with van der Waals surface area (Å²) in [5, 5.41) is 10.1. The van der Waals surface area contributed by atoms with E-state index < -0.39 is 18.2 Å². The molecule has 0 saturated heterocycles. The monoisotopic (exact) mass is 284 g/mol. The fourth-order valence-electron chi connectivity index (χ4n) is 1.71. The maximum atomic E-state index is 12.1. The van der Waals surface area contributed by atoms with Crippen molar-refractivity contribution in [2.75, 3.05) is 5.73 Å². The van der Waals surface area contributed by atoms with Crippen molar-refractivity contribution < 1.29 is 23.0 Å². The summed E-state index contributed by atoms with van der Waals surface area (Å²) < 4.78 is 40.2. The Bertz CT molecular complexity index is 602. The van der Waals surface area contributed by atoms with Crippen LogP contribution in [0.25, 0.3) is 0 Å². The lowest BCUT2D eigenvalue weighted by atomic mass is 10.0. The lowest BCUT2D eigenvalue weighted by molar-refractivity contribution is -0.274. The second-order valence-electron chi connectivity index (χ2n) is 4.03. The number of benzene rings is 1. The molecule has 1 atom stereocenters. The van der Waals surface area contributed by atoms with Crippen LogP contribution in [0.5, 0.6) is 5.75 Å². The zero-order valence-corrected chi connectivity index (χ0v) is 10.1. The van der Waals surface area contributed by atoms with Crippen molar-refractivity contribution >= 4 is 5.69 Å². The highest BCUT2D eigenvalue weighted by molar-refractivity contribution is 5.49. The molecule has 0 fully saturated rings. The molecule has 3 N–H and O–H groups in total. The number of halogens is 3. The molecule has 1 aromatic carbocycles. The number of rotatable bonds is 3. The first-order valence-corrected chi connectivity index (χ1v) is 5.60. The fraction of sp³-hybridized carbons (Fsp3) is 0.154. The van der Waals surface area contributed by atoms with E-state index in [9.17, 15) is 18.3 Å². The first kappa shape index (κ1) is 14.1. The number of hydrogen-bond donors (Lipinski definition) is 2. The molecule has 0 radical (unpaired) electrons. The molecule has 2 rings (SSSR count). The minimum atomic E-state index is -4.78. The largest absolute Gasteiger partial charge is 0.573 e. The Hall–Kier alpha value is -2.28. The summed E-state index contributed by atoms with van der Waals surface area (Å²) in [6.07, 6.45) is -3.15. The molecule has 0 amide bonds. The zero-order valence-electron chi connectivity index (χ0n) is 10.1. The van der Waals surface area contributed by atoms with Crippen LogP contribution in [-0.2, 0) is 0 Å². The summed E-state index contributed by atoms with van der Waals surface area (Å²) >= 11 is 0. The number of aliphatic hydroxyl groups is 1. The Kier molecular flexibility index (Phi) is 3.80. The maximum absolute atomic E-state index is 12.1. The second-order valence-corrected chi connectivity index (χ2v) is 4.03. The number of anilines is 1. The van der Waals surface area contributed by atoms with E-state index in [1.165, 1.54) is 30.6 Å². The van der Waals surface area contributed by atoms with Gasteiger partial charge in [-0.05, 0) is 23.8 Å². The molecule has 0 aliphatic heterocycles. The van der Waals surface area contributed by atoms with E-state index in [0.717, 1.165) is 12.1 Å². The second kappa shape index (κ2) is 5.38. The van der Waals surface area contributed by atoms with Gasteiger partial charge in [0.05, 0.1) is 0 Å². The van der Waals surface area contributed by atoms with Gasteiger partial charge in [-0.15, -0.1) is 13.2 Å². The van der Waals surface area contributed by atoms with Crippen molar-refractivity contribution in [3.05, 3.63) is 53.9 Å². The number of hydrogen-bond acceptors (Lipinski definition) is 4. The first-order chi connectivity index (χ1) is 9.37. The van der Waals surface area contributed by atoms with Gasteiger partial charge in [0.25, 0.3) is 0 Å². The van der Waals surface area contributed by atoms with Gasteiger partial charge in [-0.1, -0.05) is 12.1 Å². The molecule has 0 saturated carbocycles. The molecule has 20 heavy (non-hydrogen) atoms. The highest BCUT2D eigenvalue weighted by Gasteiger charge is 2.31. The van der Waals surface area contributed by atoms with Crippen molar-refractivity contribution in [2.24, 2.45) is 0 Å². The SMILES string of the molecule is Nc1ccncc1C(O)c1cccc(OC(F)(F)F)c1. The third kappa shape index (κ3) is 3.39. The summed E-state index contributed by atoms with van der Waals surface area (Å²) in [7, 11) is 0. The van der Waals surface area contributed by atoms with E-state index in [1.807, 2.05) is 0 Å². The molecule has 4 nitrogen and oxygen atoms in total. The minimum absolute atomic E-state index is 0.228. The van der Waals surface area contributed by atoms with Gasteiger partial charge >= 0.3 is 6.36 Å². The molecule has 0 bridgehead atoms. The van der Waals surface area contributed by atoms with Gasteiger partial charge in [0.1, 0.15) is 11.9 Å². The number of nitrogen functional groups attached to an aromatic ring is 1. The number of nitrogens with two attached hydrogens (primary N) is 1.